The first-order valence-corrected chi connectivity index (χ1v) is 9.32. The van der Waals surface area contributed by atoms with Gasteiger partial charge in [-0.3, -0.25) is 0 Å². The number of sulfonamides is 1. The summed E-state index contributed by atoms with van der Waals surface area (Å²) in [5.74, 6) is 5.61. The van der Waals surface area contributed by atoms with E-state index in [-0.39, 0.29) is 4.21 Å². The second-order valence-electron chi connectivity index (χ2n) is 5.01. The van der Waals surface area contributed by atoms with Crippen LogP contribution in [-0.2, 0) is 14.8 Å². The first kappa shape index (κ1) is 18.0. The highest BCUT2D eigenvalue weighted by Crippen LogP contribution is 2.24. The SMILES string of the molecule is CN(C(=O)OC(C)(C)C)S(=O)(=O)c1ccc(C#CCBr)s1. The Morgan fingerprint density at radius 3 is 2.57 bits per heavy atom. The van der Waals surface area contributed by atoms with Crippen molar-refractivity contribution in [3.8, 4) is 11.8 Å². The number of halogens is 1. The molecule has 0 fully saturated rings. The third kappa shape index (κ3) is 5.02. The first-order chi connectivity index (χ1) is 9.58. The number of carbonyl (C=O) groups is 1. The van der Waals surface area contributed by atoms with Crippen molar-refractivity contribution in [2.45, 2.75) is 30.6 Å². The van der Waals surface area contributed by atoms with Crippen LogP contribution < -0.4 is 0 Å². The molecule has 8 heteroatoms. The molecule has 1 aromatic rings. The van der Waals surface area contributed by atoms with E-state index in [1.165, 1.54) is 13.1 Å². The number of thiophene rings is 1. The molecule has 0 aliphatic rings. The summed E-state index contributed by atoms with van der Waals surface area (Å²) in [5, 5.41) is 0.505. The van der Waals surface area contributed by atoms with Crippen LogP contribution in [0.1, 0.15) is 25.6 Å². The first-order valence-electron chi connectivity index (χ1n) is 5.94. The van der Waals surface area contributed by atoms with Gasteiger partial charge in [-0.1, -0.05) is 27.8 Å². The molecule has 0 saturated carbocycles. The van der Waals surface area contributed by atoms with Gasteiger partial charge < -0.3 is 4.74 Å². The van der Waals surface area contributed by atoms with Gasteiger partial charge in [0.05, 0.1) is 10.2 Å². The van der Waals surface area contributed by atoms with E-state index < -0.39 is 21.7 Å². The van der Waals surface area contributed by atoms with E-state index >= 15 is 0 Å². The highest BCUT2D eigenvalue weighted by Gasteiger charge is 2.30. The fourth-order valence-corrected chi connectivity index (χ4v) is 3.73. The van der Waals surface area contributed by atoms with Crippen molar-refractivity contribution in [1.82, 2.24) is 4.31 Å². The Morgan fingerprint density at radius 2 is 2.05 bits per heavy atom. The monoisotopic (exact) mass is 393 g/mol. The van der Waals surface area contributed by atoms with Crippen molar-refractivity contribution in [3.05, 3.63) is 17.0 Å². The molecular formula is C13H16BrNO4S2. The molecule has 0 aliphatic heterocycles. The Hall–Kier alpha value is -1.04. The van der Waals surface area contributed by atoms with Gasteiger partial charge in [0.1, 0.15) is 9.81 Å². The van der Waals surface area contributed by atoms with Gasteiger partial charge in [-0.15, -0.1) is 11.3 Å². The summed E-state index contributed by atoms with van der Waals surface area (Å²) < 4.78 is 30.4. The van der Waals surface area contributed by atoms with Crippen molar-refractivity contribution < 1.29 is 17.9 Å². The molecule has 0 radical (unpaired) electrons. The van der Waals surface area contributed by atoms with Gasteiger partial charge >= 0.3 is 6.09 Å². The fraction of sp³-hybridized carbons (Fsp3) is 0.462. The number of rotatable bonds is 2. The van der Waals surface area contributed by atoms with Gasteiger partial charge in [-0.2, -0.15) is 8.42 Å². The summed E-state index contributed by atoms with van der Waals surface area (Å²) in [6, 6.07) is 3.04. The second kappa shape index (κ2) is 6.81. The smallest absolute Gasteiger partial charge is 0.424 e. The predicted molar refractivity (Wildman–Crippen MR) is 86.2 cm³/mol. The van der Waals surface area contributed by atoms with Crippen LogP contribution in [0, 0.1) is 11.8 Å². The summed E-state index contributed by atoms with van der Waals surface area (Å²) in [6.45, 7) is 5.01. The van der Waals surface area contributed by atoms with Crippen LogP contribution in [0.5, 0.6) is 0 Å². The van der Waals surface area contributed by atoms with E-state index in [4.69, 9.17) is 4.74 Å². The molecule has 116 valence electrons. The average molecular weight is 394 g/mol. The lowest BCUT2D eigenvalue weighted by molar-refractivity contribution is 0.0421. The lowest BCUT2D eigenvalue weighted by Crippen LogP contribution is -2.37. The van der Waals surface area contributed by atoms with Crippen molar-refractivity contribution in [1.29, 1.82) is 0 Å². The second-order valence-corrected chi connectivity index (χ2v) is 8.85. The number of carbonyl (C=O) groups excluding carboxylic acids is 1. The van der Waals surface area contributed by atoms with Crippen LogP contribution in [0.3, 0.4) is 0 Å². The minimum absolute atomic E-state index is 0.0507. The highest BCUT2D eigenvalue weighted by molar-refractivity contribution is 9.09. The number of alkyl halides is 1. The molecular weight excluding hydrogens is 378 g/mol. The zero-order chi connectivity index (χ0) is 16.3. The number of nitrogens with zero attached hydrogens (tertiary/aromatic N) is 1. The molecule has 0 bridgehead atoms. The van der Waals surface area contributed by atoms with Crippen LogP contribution in [0.4, 0.5) is 4.79 Å². The van der Waals surface area contributed by atoms with Crippen molar-refractivity contribution in [2.75, 3.05) is 12.4 Å². The number of hydrogen-bond acceptors (Lipinski definition) is 5. The highest BCUT2D eigenvalue weighted by atomic mass is 79.9. The van der Waals surface area contributed by atoms with E-state index in [2.05, 4.69) is 27.8 Å². The molecule has 5 nitrogen and oxygen atoms in total. The summed E-state index contributed by atoms with van der Waals surface area (Å²) in [6.07, 6.45) is -0.913. The third-order valence-corrected chi connectivity index (χ3v) is 5.60. The van der Waals surface area contributed by atoms with Crippen LogP contribution in [-0.4, -0.2) is 36.8 Å². The predicted octanol–water partition coefficient (Wildman–Crippen LogP) is 3.05. The molecule has 1 aromatic heterocycles. The van der Waals surface area contributed by atoms with Crippen molar-refractivity contribution >= 4 is 43.4 Å². The Balaban J connectivity index is 3.00. The fourth-order valence-electron chi connectivity index (χ4n) is 1.21. The van der Waals surface area contributed by atoms with Crippen LogP contribution in [0.25, 0.3) is 0 Å². The number of amides is 1. The number of ether oxygens (including phenoxy) is 1. The molecule has 1 heterocycles. The average Bonchev–Trinajstić information content (AvgIpc) is 2.82. The third-order valence-electron chi connectivity index (χ3n) is 2.13. The van der Waals surface area contributed by atoms with Gasteiger partial charge in [0.2, 0.25) is 0 Å². The van der Waals surface area contributed by atoms with Crippen molar-refractivity contribution in [3.63, 3.8) is 0 Å². The Labute approximate surface area is 137 Å². The van der Waals surface area contributed by atoms with Gasteiger partial charge in [-0.05, 0) is 32.9 Å². The molecule has 21 heavy (non-hydrogen) atoms. The molecule has 0 atom stereocenters. The topological polar surface area (TPSA) is 63.7 Å². The molecule has 0 saturated heterocycles. The van der Waals surface area contributed by atoms with E-state index in [0.29, 0.717) is 14.5 Å². The summed E-state index contributed by atoms with van der Waals surface area (Å²) in [5.41, 5.74) is -0.761. The van der Waals surface area contributed by atoms with E-state index in [9.17, 15) is 13.2 Å². The zero-order valence-corrected chi connectivity index (χ0v) is 15.4. The summed E-state index contributed by atoms with van der Waals surface area (Å²) >= 11 is 4.18. The zero-order valence-electron chi connectivity index (χ0n) is 12.1. The normalized spacial score (nSPS) is 11.5. The number of hydrogen-bond donors (Lipinski definition) is 0. The molecule has 0 aromatic carbocycles. The van der Waals surface area contributed by atoms with Gasteiger partial charge in [0.25, 0.3) is 10.0 Å². The van der Waals surface area contributed by atoms with E-state index in [0.717, 1.165) is 11.3 Å². The lowest BCUT2D eigenvalue weighted by Gasteiger charge is -2.23. The molecule has 1 amide bonds. The molecule has 0 spiro atoms. The van der Waals surface area contributed by atoms with Gasteiger partial charge in [-0.25, -0.2) is 9.10 Å². The van der Waals surface area contributed by atoms with Crippen LogP contribution >= 0.6 is 27.3 Å². The van der Waals surface area contributed by atoms with E-state index in [1.807, 2.05) is 0 Å². The largest absolute Gasteiger partial charge is 0.443 e. The minimum Gasteiger partial charge on any atom is -0.443 e. The maximum Gasteiger partial charge on any atom is 0.424 e. The van der Waals surface area contributed by atoms with E-state index in [1.54, 1.807) is 26.8 Å². The summed E-state index contributed by atoms with van der Waals surface area (Å²) in [7, 11) is -2.74. The maximum atomic E-state index is 12.3. The Kier molecular flexibility index (Phi) is 5.84. The maximum absolute atomic E-state index is 12.3. The molecule has 0 aliphatic carbocycles. The standard InChI is InChI=1S/C13H16BrNO4S2/c1-13(2,3)19-12(16)15(4)21(17,18)11-8-7-10(20-11)6-5-9-14/h7-8H,9H2,1-4H3. The van der Waals surface area contributed by atoms with Gasteiger partial charge in [0, 0.05) is 7.05 Å². The van der Waals surface area contributed by atoms with Crippen LogP contribution in [0.2, 0.25) is 0 Å². The molecule has 1 rings (SSSR count). The Bertz CT molecular complexity index is 677. The molecule has 0 unspecified atom stereocenters. The van der Waals surface area contributed by atoms with Crippen molar-refractivity contribution in [2.24, 2.45) is 0 Å². The van der Waals surface area contributed by atoms with Gasteiger partial charge in [0.15, 0.2) is 0 Å². The minimum atomic E-state index is -3.92. The molecule has 0 N–H and O–H groups in total. The lowest BCUT2D eigenvalue weighted by atomic mass is 10.2. The summed E-state index contributed by atoms with van der Waals surface area (Å²) in [4.78, 5) is 12.5. The van der Waals surface area contributed by atoms with Crippen LogP contribution in [0.15, 0.2) is 16.3 Å². The Morgan fingerprint density at radius 1 is 1.43 bits per heavy atom. The quantitative estimate of drug-likeness (QED) is 0.571.